The van der Waals surface area contributed by atoms with Gasteiger partial charge in [-0.15, -0.1) is 0 Å². The Bertz CT molecular complexity index is 2120. The van der Waals surface area contributed by atoms with E-state index < -0.39 is 50.9 Å². The minimum atomic E-state index is -4.16. The summed E-state index contributed by atoms with van der Waals surface area (Å²) in [5.74, 6) is -1.62. The highest BCUT2D eigenvalue weighted by molar-refractivity contribution is 7.92. The lowest BCUT2D eigenvalue weighted by molar-refractivity contribution is -0.147. The second-order valence-electron chi connectivity index (χ2n) is 13.2. The molecule has 3 N–H and O–H groups in total. The second-order valence-corrected chi connectivity index (χ2v) is 15.7. The SMILES string of the molecule is CCOc1cc(C(Nc2ccc3c(N)nccc3c2)C(=O)N2CC[C@@H](C(=O)OC)[C@H]2c2cccc(C(=O)OC)c2S(=O)(=O)C(C)C)ccc1OC(C)C. The fourth-order valence-corrected chi connectivity index (χ4v) is 8.12. The fourth-order valence-electron chi connectivity index (χ4n) is 6.67. The number of carbonyl (C=O) groups excluding carboxylic acids is 3. The van der Waals surface area contributed by atoms with E-state index in [1.54, 1.807) is 42.6 Å². The van der Waals surface area contributed by atoms with Crippen molar-refractivity contribution in [2.24, 2.45) is 5.92 Å². The summed E-state index contributed by atoms with van der Waals surface area (Å²) in [6.07, 6.45) is 1.62. The number of pyridine rings is 1. The molecular formula is C39H46N4O9S. The van der Waals surface area contributed by atoms with E-state index in [0.717, 1.165) is 17.9 Å². The Balaban J connectivity index is 1.71. The maximum Gasteiger partial charge on any atom is 0.339 e. The van der Waals surface area contributed by atoms with Crippen LogP contribution in [0, 0.1) is 5.92 Å². The van der Waals surface area contributed by atoms with Gasteiger partial charge in [-0.05, 0) is 100 Å². The number of ether oxygens (including phenoxy) is 4. The topological polar surface area (TPSA) is 176 Å². The van der Waals surface area contributed by atoms with Crippen LogP contribution in [0.5, 0.6) is 11.5 Å². The monoisotopic (exact) mass is 746 g/mol. The van der Waals surface area contributed by atoms with E-state index >= 15 is 4.79 Å². The van der Waals surface area contributed by atoms with Crippen LogP contribution < -0.4 is 20.5 Å². The normalized spacial score (nSPS) is 16.4. The molecule has 0 bridgehead atoms. The van der Waals surface area contributed by atoms with Crippen molar-refractivity contribution in [3.63, 3.8) is 0 Å². The van der Waals surface area contributed by atoms with Crippen molar-refractivity contribution in [3.05, 3.63) is 83.6 Å². The zero-order chi connectivity index (χ0) is 38.6. The summed E-state index contributed by atoms with van der Waals surface area (Å²) in [4.78, 5) is 47.0. The van der Waals surface area contributed by atoms with Crippen molar-refractivity contribution in [1.29, 1.82) is 0 Å². The third-order valence-corrected chi connectivity index (χ3v) is 11.4. The lowest BCUT2D eigenvalue weighted by Gasteiger charge is -2.33. The summed E-state index contributed by atoms with van der Waals surface area (Å²) in [6.45, 7) is 9.05. The molecule has 13 nitrogen and oxygen atoms in total. The van der Waals surface area contributed by atoms with Crippen LogP contribution in [0.1, 0.15) is 74.6 Å². The molecule has 1 aromatic heterocycles. The maximum absolute atomic E-state index is 15.2. The van der Waals surface area contributed by atoms with E-state index in [-0.39, 0.29) is 35.1 Å². The summed E-state index contributed by atoms with van der Waals surface area (Å²) in [5.41, 5.74) is 7.14. The number of hydrogen-bond acceptors (Lipinski definition) is 12. The second kappa shape index (κ2) is 16.1. The summed E-state index contributed by atoms with van der Waals surface area (Å²) >= 11 is 0. The van der Waals surface area contributed by atoms with Crippen molar-refractivity contribution in [2.45, 2.75) is 69.4 Å². The Hall–Kier alpha value is -5.37. The number of nitrogen functional groups attached to an aromatic ring is 1. The minimum absolute atomic E-state index is 0.0812. The Morgan fingerprint density at radius 3 is 2.40 bits per heavy atom. The number of likely N-dealkylation sites (tertiary alicyclic amines) is 1. The molecule has 1 amide bonds. The average molecular weight is 747 g/mol. The van der Waals surface area contributed by atoms with Gasteiger partial charge in [0.25, 0.3) is 0 Å². The molecule has 1 fully saturated rings. The highest BCUT2D eigenvalue weighted by Crippen LogP contribution is 2.44. The van der Waals surface area contributed by atoms with Gasteiger partial charge in [0.15, 0.2) is 21.3 Å². The smallest absolute Gasteiger partial charge is 0.339 e. The molecule has 2 heterocycles. The summed E-state index contributed by atoms with van der Waals surface area (Å²) in [5, 5.41) is 3.97. The van der Waals surface area contributed by atoms with Crippen molar-refractivity contribution in [2.75, 3.05) is 38.4 Å². The number of hydrogen-bond donors (Lipinski definition) is 2. The number of esters is 2. The number of nitrogens with zero attached hydrogens (tertiary/aromatic N) is 2. The fraction of sp³-hybridized carbons (Fsp3) is 0.385. The van der Waals surface area contributed by atoms with Crippen LogP contribution >= 0.6 is 0 Å². The quantitative estimate of drug-likeness (QED) is 0.156. The van der Waals surface area contributed by atoms with Crippen LogP contribution in [0.4, 0.5) is 11.5 Å². The van der Waals surface area contributed by atoms with Gasteiger partial charge in [0, 0.05) is 23.8 Å². The molecule has 1 aliphatic heterocycles. The van der Waals surface area contributed by atoms with Gasteiger partial charge < -0.3 is 34.9 Å². The van der Waals surface area contributed by atoms with Crippen LogP contribution in [-0.4, -0.2) is 74.9 Å². The molecule has 282 valence electrons. The average Bonchev–Trinajstić information content (AvgIpc) is 3.58. The number of nitrogens with two attached hydrogens (primary N) is 1. The van der Waals surface area contributed by atoms with Gasteiger partial charge in [0.05, 0.1) is 54.6 Å². The number of nitrogens with one attached hydrogen (secondary N) is 1. The molecule has 3 atom stereocenters. The van der Waals surface area contributed by atoms with Crippen LogP contribution in [0.3, 0.4) is 0 Å². The number of carbonyl (C=O) groups is 3. The number of anilines is 2. The molecule has 0 radical (unpaired) electrons. The first kappa shape index (κ1) is 38.9. The Kier molecular flexibility index (Phi) is 11.8. The molecule has 3 aromatic carbocycles. The molecule has 0 spiro atoms. The third kappa shape index (κ3) is 7.87. The molecule has 53 heavy (non-hydrogen) atoms. The number of amides is 1. The molecule has 0 saturated carbocycles. The number of methoxy groups -OCH3 is 2. The Labute approximate surface area is 309 Å². The lowest BCUT2D eigenvalue weighted by atomic mass is 9.91. The number of rotatable bonds is 13. The van der Waals surface area contributed by atoms with Crippen LogP contribution in [0.2, 0.25) is 0 Å². The molecule has 0 aliphatic carbocycles. The van der Waals surface area contributed by atoms with Gasteiger partial charge in [-0.3, -0.25) is 9.59 Å². The van der Waals surface area contributed by atoms with Gasteiger partial charge in [-0.2, -0.15) is 0 Å². The van der Waals surface area contributed by atoms with Crippen molar-refractivity contribution in [1.82, 2.24) is 9.88 Å². The first-order chi connectivity index (χ1) is 25.2. The van der Waals surface area contributed by atoms with E-state index in [4.69, 9.17) is 24.7 Å². The molecule has 1 aliphatic rings. The predicted octanol–water partition coefficient (Wildman–Crippen LogP) is 5.89. The largest absolute Gasteiger partial charge is 0.490 e. The molecule has 14 heteroatoms. The van der Waals surface area contributed by atoms with Crippen LogP contribution in [0.15, 0.2) is 71.8 Å². The molecular weight excluding hydrogens is 701 g/mol. The summed E-state index contributed by atoms with van der Waals surface area (Å²) in [7, 11) is -1.76. The van der Waals surface area contributed by atoms with E-state index in [0.29, 0.717) is 35.2 Å². The molecule has 1 saturated heterocycles. The molecule has 4 aromatic rings. The Morgan fingerprint density at radius 2 is 1.74 bits per heavy atom. The maximum atomic E-state index is 15.2. The first-order valence-electron chi connectivity index (χ1n) is 17.4. The van der Waals surface area contributed by atoms with Gasteiger partial charge >= 0.3 is 11.9 Å². The zero-order valence-electron chi connectivity index (χ0n) is 30.9. The molecule has 5 rings (SSSR count). The van der Waals surface area contributed by atoms with E-state index in [1.165, 1.54) is 44.1 Å². The van der Waals surface area contributed by atoms with E-state index in [9.17, 15) is 18.0 Å². The standard InChI is InChI=1S/C39H46N4O9S/c1-8-51-32-21-25(12-15-31(32)52-22(2)3)33(42-26-13-14-27-24(20-26)16-18-41-36(27)40)37(44)43-19-17-29(38(45)49-6)34(43)28-10-9-11-30(39(46)50-7)35(28)53(47,48)23(4)5/h9-16,18,20-23,29,33-34,42H,8,17,19H2,1-7H3,(H2,40,41)/t29-,33?,34-/m1/s1. The molecule has 1 unspecified atom stereocenters. The zero-order valence-corrected chi connectivity index (χ0v) is 31.7. The highest BCUT2D eigenvalue weighted by atomic mass is 32.2. The minimum Gasteiger partial charge on any atom is -0.490 e. The first-order valence-corrected chi connectivity index (χ1v) is 19.0. The van der Waals surface area contributed by atoms with Crippen LogP contribution in [-0.2, 0) is 28.9 Å². The number of fused-ring (bicyclic) bond motifs is 1. The predicted molar refractivity (Wildman–Crippen MR) is 201 cm³/mol. The lowest BCUT2D eigenvalue weighted by Crippen LogP contribution is -2.40. The third-order valence-electron chi connectivity index (χ3n) is 9.18. The summed E-state index contributed by atoms with van der Waals surface area (Å²) < 4.78 is 50.2. The van der Waals surface area contributed by atoms with Crippen molar-refractivity contribution in [3.8, 4) is 11.5 Å². The van der Waals surface area contributed by atoms with Gasteiger partial charge in [-0.25, -0.2) is 18.2 Å². The van der Waals surface area contributed by atoms with Crippen molar-refractivity contribution < 1.29 is 41.7 Å². The highest BCUT2D eigenvalue weighted by Gasteiger charge is 2.47. The van der Waals surface area contributed by atoms with Crippen molar-refractivity contribution >= 4 is 50.0 Å². The van der Waals surface area contributed by atoms with E-state index in [1.807, 2.05) is 26.8 Å². The number of benzene rings is 3. The van der Waals surface area contributed by atoms with E-state index in [2.05, 4.69) is 10.3 Å². The van der Waals surface area contributed by atoms with Crippen LogP contribution in [0.25, 0.3) is 10.8 Å². The number of aromatic nitrogens is 1. The number of sulfone groups is 1. The Morgan fingerprint density at radius 1 is 0.981 bits per heavy atom. The van der Waals surface area contributed by atoms with Gasteiger partial charge in [0.2, 0.25) is 5.91 Å². The van der Waals surface area contributed by atoms with Gasteiger partial charge in [0.1, 0.15) is 11.9 Å². The summed E-state index contributed by atoms with van der Waals surface area (Å²) in [6, 6.07) is 14.7. The van der Waals surface area contributed by atoms with Gasteiger partial charge in [-0.1, -0.05) is 18.2 Å².